The summed E-state index contributed by atoms with van der Waals surface area (Å²) in [5.41, 5.74) is 6.83. The van der Waals surface area contributed by atoms with Crippen molar-refractivity contribution >= 4 is 11.7 Å². The Hall–Kier alpha value is -2.83. The Morgan fingerprint density at radius 2 is 1.95 bits per heavy atom. The second-order valence-electron chi connectivity index (χ2n) is 4.17. The Bertz CT molecular complexity index is 673. The van der Waals surface area contributed by atoms with E-state index in [-0.39, 0.29) is 11.7 Å². The van der Waals surface area contributed by atoms with E-state index in [0.717, 1.165) is 0 Å². The number of anilines is 1. The minimum Gasteiger partial charge on any atom is -0.497 e. The van der Waals surface area contributed by atoms with Crippen molar-refractivity contribution in [3.63, 3.8) is 0 Å². The van der Waals surface area contributed by atoms with Crippen molar-refractivity contribution in [3.8, 4) is 17.4 Å². The molecule has 0 bridgehead atoms. The number of aromatic nitrogens is 2. The number of hydrogen-bond acceptors (Lipinski definition) is 7. The van der Waals surface area contributed by atoms with E-state index in [2.05, 4.69) is 14.7 Å². The zero-order chi connectivity index (χ0) is 15.4. The van der Waals surface area contributed by atoms with Crippen molar-refractivity contribution < 1.29 is 19.0 Å². The van der Waals surface area contributed by atoms with Gasteiger partial charge in [0.1, 0.15) is 5.75 Å². The summed E-state index contributed by atoms with van der Waals surface area (Å²) >= 11 is 0. The van der Waals surface area contributed by atoms with Crippen molar-refractivity contribution in [1.82, 2.24) is 9.97 Å². The van der Waals surface area contributed by atoms with Crippen molar-refractivity contribution in [2.45, 2.75) is 6.92 Å². The third-order valence-corrected chi connectivity index (χ3v) is 2.63. The molecule has 0 saturated heterocycles. The molecule has 0 atom stereocenters. The number of nitrogens with zero attached hydrogens (tertiary/aromatic N) is 2. The van der Waals surface area contributed by atoms with Crippen LogP contribution in [0.15, 0.2) is 24.3 Å². The fourth-order valence-corrected chi connectivity index (χ4v) is 1.62. The molecule has 0 saturated carbocycles. The zero-order valence-corrected chi connectivity index (χ0v) is 11.9. The van der Waals surface area contributed by atoms with Crippen LogP contribution in [0.1, 0.15) is 16.3 Å². The number of methoxy groups -OCH3 is 2. The topological polar surface area (TPSA) is 96.6 Å². The first-order valence-electron chi connectivity index (χ1n) is 6.09. The Kier molecular flexibility index (Phi) is 4.22. The lowest BCUT2D eigenvalue weighted by Crippen LogP contribution is -2.09. The van der Waals surface area contributed by atoms with Crippen LogP contribution in [-0.4, -0.2) is 30.2 Å². The number of aryl methyl sites for hydroxylation is 1. The van der Waals surface area contributed by atoms with E-state index >= 15 is 0 Å². The summed E-state index contributed by atoms with van der Waals surface area (Å²) in [5.74, 6) is 0.459. The van der Waals surface area contributed by atoms with Gasteiger partial charge in [-0.3, -0.25) is 0 Å². The minimum atomic E-state index is -0.637. The van der Waals surface area contributed by atoms with Crippen LogP contribution in [0.4, 0.5) is 5.69 Å². The SMILES string of the molecule is COC(=O)c1nc(C)cc(Oc2cc(OC)ccc2N)n1. The van der Waals surface area contributed by atoms with Gasteiger partial charge in [0.05, 0.1) is 19.9 Å². The third kappa shape index (κ3) is 3.38. The number of nitrogen functional groups attached to an aromatic ring is 1. The van der Waals surface area contributed by atoms with Gasteiger partial charge in [0.25, 0.3) is 0 Å². The summed E-state index contributed by atoms with van der Waals surface area (Å²) in [5, 5.41) is 0. The smallest absolute Gasteiger partial charge is 0.376 e. The number of esters is 1. The number of nitrogens with two attached hydrogens (primary N) is 1. The van der Waals surface area contributed by atoms with Gasteiger partial charge in [-0.15, -0.1) is 0 Å². The van der Waals surface area contributed by atoms with Crippen LogP contribution in [0.25, 0.3) is 0 Å². The van der Waals surface area contributed by atoms with Crippen molar-refractivity contribution in [2.24, 2.45) is 0 Å². The molecule has 0 radical (unpaired) electrons. The van der Waals surface area contributed by atoms with Gasteiger partial charge >= 0.3 is 5.97 Å². The number of ether oxygens (including phenoxy) is 3. The van der Waals surface area contributed by atoms with Crippen LogP contribution in [-0.2, 0) is 4.74 Å². The molecular weight excluding hydrogens is 274 g/mol. The summed E-state index contributed by atoms with van der Waals surface area (Å²) in [6, 6.07) is 6.59. The van der Waals surface area contributed by atoms with Gasteiger partial charge in [-0.2, -0.15) is 4.98 Å². The predicted molar refractivity (Wildman–Crippen MR) is 75.6 cm³/mol. The van der Waals surface area contributed by atoms with Crippen molar-refractivity contribution in [3.05, 3.63) is 35.8 Å². The summed E-state index contributed by atoms with van der Waals surface area (Å²) in [4.78, 5) is 19.5. The molecule has 0 aliphatic carbocycles. The Balaban J connectivity index is 2.35. The molecule has 0 amide bonds. The summed E-state index contributed by atoms with van der Waals surface area (Å²) < 4.78 is 15.3. The van der Waals surface area contributed by atoms with E-state index in [1.807, 2.05) is 0 Å². The molecule has 0 aliphatic heterocycles. The zero-order valence-electron chi connectivity index (χ0n) is 11.9. The first kappa shape index (κ1) is 14.6. The molecule has 0 unspecified atom stereocenters. The quantitative estimate of drug-likeness (QED) is 0.678. The molecule has 1 aromatic carbocycles. The van der Waals surface area contributed by atoms with Crippen LogP contribution in [0, 0.1) is 6.92 Å². The predicted octanol–water partition coefficient (Wildman–Crippen LogP) is 1.95. The van der Waals surface area contributed by atoms with E-state index in [4.69, 9.17) is 15.2 Å². The lowest BCUT2D eigenvalue weighted by molar-refractivity contribution is 0.0585. The average molecular weight is 289 g/mol. The molecule has 21 heavy (non-hydrogen) atoms. The first-order chi connectivity index (χ1) is 10.0. The Morgan fingerprint density at radius 3 is 2.62 bits per heavy atom. The maximum absolute atomic E-state index is 11.5. The van der Waals surface area contributed by atoms with Gasteiger partial charge in [-0.05, 0) is 19.1 Å². The van der Waals surface area contributed by atoms with Gasteiger partial charge < -0.3 is 19.9 Å². The van der Waals surface area contributed by atoms with Gasteiger partial charge in [0, 0.05) is 17.8 Å². The number of carbonyl (C=O) groups is 1. The van der Waals surface area contributed by atoms with E-state index < -0.39 is 5.97 Å². The minimum absolute atomic E-state index is 0.0750. The second kappa shape index (κ2) is 6.08. The van der Waals surface area contributed by atoms with Gasteiger partial charge in [-0.1, -0.05) is 0 Å². The van der Waals surface area contributed by atoms with Gasteiger partial charge in [0.2, 0.25) is 11.7 Å². The molecule has 2 N–H and O–H groups in total. The Labute approximate surface area is 121 Å². The highest BCUT2D eigenvalue weighted by molar-refractivity contribution is 5.85. The fraction of sp³-hybridized carbons (Fsp3) is 0.214. The molecule has 0 fully saturated rings. The second-order valence-corrected chi connectivity index (χ2v) is 4.17. The highest BCUT2D eigenvalue weighted by atomic mass is 16.5. The number of rotatable bonds is 4. The van der Waals surface area contributed by atoms with E-state index in [1.165, 1.54) is 7.11 Å². The Morgan fingerprint density at radius 1 is 1.19 bits per heavy atom. The molecular formula is C14H15N3O4. The normalized spacial score (nSPS) is 10.0. The van der Waals surface area contributed by atoms with Gasteiger partial charge in [-0.25, -0.2) is 9.78 Å². The fourth-order valence-electron chi connectivity index (χ4n) is 1.62. The standard InChI is InChI=1S/C14H15N3O4/c1-8-6-12(17-13(16-8)14(18)20-3)21-11-7-9(19-2)4-5-10(11)15/h4-7H,15H2,1-3H3. The lowest BCUT2D eigenvalue weighted by atomic mass is 10.3. The molecule has 0 spiro atoms. The summed E-state index contributed by atoms with van der Waals surface area (Å²) in [7, 11) is 2.80. The molecule has 1 heterocycles. The molecule has 7 heteroatoms. The largest absolute Gasteiger partial charge is 0.497 e. The molecule has 2 aromatic rings. The summed E-state index contributed by atoms with van der Waals surface area (Å²) in [6.07, 6.45) is 0. The van der Waals surface area contributed by atoms with E-state index in [0.29, 0.717) is 22.9 Å². The van der Waals surface area contributed by atoms with Crippen LogP contribution in [0.2, 0.25) is 0 Å². The van der Waals surface area contributed by atoms with E-state index in [1.54, 1.807) is 38.3 Å². The van der Waals surface area contributed by atoms with Gasteiger partial charge in [0.15, 0.2) is 5.75 Å². The number of carbonyl (C=O) groups excluding carboxylic acids is 1. The third-order valence-electron chi connectivity index (χ3n) is 2.63. The number of benzene rings is 1. The van der Waals surface area contributed by atoms with Crippen molar-refractivity contribution in [2.75, 3.05) is 20.0 Å². The lowest BCUT2D eigenvalue weighted by Gasteiger charge is -2.10. The number of hydrogen-bond donors (Lipinski definition) is 1. The molecule has 0 aliphatic rings. The first-order valence-corrected chi connectivity index (χ1v) is 6.09. The van der Waals surface area contributed by atoms with Crippen LogP contribution in [0.3, 0.4) is 0 Å². The highest BCUT2D eigenvalue weighted by Crippen LogP contribution is 2.30. The van der Waals surface area contributed by atoms with E-state index in [9.17, 15) is 4.79 Å². The average Bonchev–Trinajstić information content (AvgIpc) is 2.48. The van der Waals surface area contributed by atoms with Crippen LogP contribution in [0.5, 0.6) is 17.4 Å². The summed E-state index contributed by atoms with van der Waals surface area (Å²) in [6.45, 7) is 1.72. The van der Waals surface area contributed by atoms with Crippen LogP contribution >= 0.6 is 0 Å². The molecule has 110 valence electrons. The van der Waals surface area contributed by atoms with Crippen molar-refractivity contribution in [1.29, 1.82) is 0 Å². The van der Waals surface area contributed by atoms with Crippen LogP contribution < -0.4 is 15.2 Å². The molecule has 7 nitrogen and oxygen atoms in total. The highest BCUT2D eigenvalue weighted by Gasteiger charge is 2.13. The molecule has 1 aromatic heterocycles. The monoisotopic (exact) mass is 289 g/mol. The maximum atomic E-state index is 11.5. The molecule has 2 rings (SSSR count). The maximum Gasteiger partial charge on any atom is 0.376 e.